The van der Waals surface area contributed by atoms with E-state index in [1.54, 1.807) is 11.9 Å². The van der Waals surface area contributed by atoms with Gasteiger partial charge in [0.2, 0.25) is 15.9 Å². The van der Waals surface area contributed by atoms with Crippen LogP contribution in [0.3, 0.4) is 0 Å². The summed E-state index contributed by atoms with van der Waals surface area (Å²) >= 11 is 0. The molecule has 1 saturated heterocycles. The second kappa shape index (κ2) is 9.36. The van der Waals surface area contributed by atoms with Gasteiger partial charge in [-0.1, -0.05) is 18.9 Å². The zero-order valence-corrected chi connectivity index (χ0v) is 18.7. The molecule has 1 heterocycles. The molecule has 2 fully saturated rings. The van der Waals surface area contributed by atoms with Crippen molar-refractivity contribution in [2.75, 3.05) is 31.1 Å². The van der Waals surface area contributed by atoms with E-state index in [0.717, 1.165) is 70.0 Å². The maximum Gasteiger partial charge on any atom is 0.416 e. The van der Waals surface area contributed by atoms with Gasteiger partial charge in [0.1, 0.15) is 0 Å². The number of rotatable bonds is 6. The lowest BCUT2D eigenvalue weighted by atomic mass is 9.88. The molecular weight excluding hydrogens is 431 g/mol. The lowest BCUT2D eigenvalue weighted by Gasteiger charge is -2.42. The first-order valence-corrected chi connectivity index (χ1v) is 12.5. The molecule has 1 N–H and O–H groups in total. The molecular formula is C21H30F3N3O3S. The number of carbonyl (C=O) groups excluding carboxylic acids is 1. The molecule has 0 bridgehead atoms. The van der Waals surface area contributed by atoms with Crippen LogP contribution in [0.25, 0.3) is 0 Å². The van der Waals surface area contributed by atoms with E-state index in [9.17, 15) is 26.4 Å². The maximum atomic E-state index is 13.1. The van der Waals surface area contributed by atoms with Crippen LogP contribution < -0.4 is 4.72 Å². The Morgan fingerprint density at radius 3 is 2.42 bits per heavy atom. The van der Waals surface area contributed by atoms with Crippen molar-refractivity contribution < 1.29 is 26.4 Å². The average molecular weight is 462 g/mol. The van der Waals surface area contributed by atoms with E-state index in [1.165, 1.54) is 6.07 Å². The summed E-state index contributed by atoms with van der Waals surface area (Å²) in [6.07, 6.45) is 2.49. The van der Waals surface area contributed by atoms with E-state index >= 15 is 0 Å². The predicted molar refractivity (Wildman–Crippen MR) is 113 cm³/mol. The summed E-state index contributed by atoms with van der Waals surface area (Å²) in [6.45, 7) is 2.06. The smallest absolute Gasteiger partial charge is 0.341 e. The van der Waals surface area contributed by atoms with Crippen LogP contribution in [0.5, 0.6) is 0 Å². The fourth-order valence-corrected chi connectivity index (χ4v) is 5.31. The minimum absolute atomic E-state index is 0.0557. The highest BCUT2D eigenvalue weighted by molar-refractivity contribution is 7.92. The van der Waals surface area contributed by atoms with Gasteiger partial charge in [-0.25, -0.2) is 8.42 Å². The maximum absolute atomic E-state index is 13.1. The number of carbonyl (C=O) groups is 1. The van der Waals surface area contributed by atoms with Gasteiger partial charge in [-0.3, -0.25) is 14.4 Å². The molecule has 10 heteroatoms. The predicted octanol–water partition coefficient (Wildman–Crippen LogP) is 3.48. The van der Waals surface area contributed by atoms with Crippen molar-refractivity contribution in [3.63, 3.8) is 0 Å². The Hall–Kier alpha value is -1.81. The SMILES string of the molecule is CN(C(=O)Cc1ccc(C(F)(F)F)cc1NS(C)(=O)=O)C1CCCCC1N1CCCC1. The molecule has 1 aromatic carbocycles. The van der Waals surface area contributed by atoms with Gasteiger partial charge in [-0.15, -0.1) is 0 Å². The van der Waals surface area contributed by atoms with Gasteiger partial charge < -0.3 is 4.90 Å². The first-order valence-electron chi connectivity index (χ1n) is 10.6. The second-order valence-electron chi connectivity index (χ2n) is 8.59. The van der Waals surface area contributed by atoms with E-state index in [1.807, 2.05) is 0 Å². The number of nitrogens with one attached hydrogen (secondary N) is 1. The van der Waals surface area contributed by atoms with Gasteiger partial charge in [0.05, 0.1) is 23.9 Å². The van der Waals surface area contributed by atoms with Crippen molar-refractivity contribution in [3.05, 3.63) is 29.3 Å². The highest BCUT2D eigenvalue weighted by Crippen LogP contribution is 2.33. The highest BCUT2D eigenvalue weighted by atomic mass is 32.2. The molecule has 1 amide bonds. The number of nitrogens with zero attached hydrogens (tertiary/aromatic N) is 2. The average Bonchev–Trinajstić information content (AvgIpc) is 3.21. The molecule has 2 atom stereocenters. The van der Waals surface area contributed by atoms with Gasteiger partial charge in [0, 0.05) is 19.1 Å². The molecule has 0 spiro atoms. The topological polar surface area (TPSA) is 69.7 Å². The van der Waals surface area contributed by atoms with Gasteiger partial charge >= 0.3 is 6.18 Å². The standard InChI is InChI=1S/C21H30F3N3O3S/c1-26(18-7-3-4-8-19(18)27-11-5-6-12-27)20(28)13-15-9-10-16(21(22,23)24)14-17(15)25-31(2,29)30/h9-10,14,18-19,25H,3-8,11-13H2,1-2H3. The number of halogens is 3. The van der Waals surface area contributed by atoms with E-state index in [4.69, 9.17) is 0 Å². The van der Waals surface area contributed by atoms with E-state index in [0.29, 0.717) is 6.04 Å². The summed E-state index contributed by atoms with van der Waals surface area (Å²) in [4.78, 5) is 17.2. The zero-order valence-electron chi connectivity index (χ0n) is 17.9. The van der Waals surface area contributed by atoms with Crippen LogP contribution in [-0.2, 0) is 27.4 Å². The van der Waals surface area contributed by atoms with Crippen LogP contribution in [0.15, 0.2) is 18.2 Å². The summed E-state index contributed by atoms with van der Waals surface area (Å²) < 4.78 is 64.8. The minimum Gasteiger partial charge on any atom is -0.341 e. The van der Waals surface area contributed by atoms with Gasteiger partial charge in [0.15, 0.2) is 0 Å². The molecule has 31 heavy (non-hydrogen) atoms. The second-order valence-corrected chi connectivity index (χ2v) is 10.3. The number of amides is 1. The van der Waals surface area contributed by atoms with Crippen molar-refractivity contribution in [1.29, 1.82) is 0 Å². The lowest BCUT2D eigenvalue weighted by Crippen LogP contribution is -2.53. The monoisotopic (exact) mass is 461 g/mol. The van der Waals surface area contributed by atoms with Crippen LogP contribution in [0.2, 0.25) is 0 Å². The Morgan fingerprint density at radius 2 is 1.81 bits per heavy atom. The van der Waals surface area contributed by atoms with Crippen molar-refractivity contribution in [2.24, 2.45) is 0 Å². The molecule has 0 aromatic heterocycles. The number of hydrogen-bond donors (Lipinski definition) is 1. The summed E-state index contributed by atoms with van der Waals surface area (Å²) in [7, 11) is -2.06. The van der Waals surface area contributed by atoms with Crippen molar-refractivity contribution >= 4 is 21.6 Å². The molecule has 1 aliphatic heterocycles. The number of benzene rings is 1. The van der Waals surface area contributed by atoms with E-state index < -0.39 is 21.8 Å². The zero-order chi connectivity index (χ0) is 22.8. The number of anilines is 1. The third kappa shape index (κ3) is 6.12. The minimum atomic E-state index is -4.61. The Labute approximate surface area is 181 Å². The van der Waals surface area contributed by atoms with Crippen LogP contribution in [0.4, 0.5) is 18.9 Å². The first kappa shape index (κ1) is 23.8. The normalized spacial score (nSPS) is 23.0. The Balaban J connectivity index is 1.80. The molecule has 6 nitrogen and oxygen atoms in total. The van der Waals surface area contributed by atoms with Crippen molar-refractivity contribution in [1.82, 2.24) is 9.80 Å². The number of likely N-dealkylation sites (N-methyl/N-ethyl adjacent to an activating group) is 1. The molecule has 1 aromatic rings. The van der Waals surface area contributed by atoms with Gasteiger partial charge in [-0.05, 0) is 56.5 Å². The largest absolute Gasteiger partial charge is 0.416 e. The molecule has 2 aliphatic rings. The quantitative estimate of drug-likeness (QED) is 0.704. The fraction of sp³-hybridized carbons (Fsp3) is 0.667. The van der Waals surface area contributed by atoms with E-state index in [-0.39, 0.29) is 29.6 Å². The van der Waals surface area contributed by atoms with E-state index in [2.05, 4.69) is 9.62 Å². The van der Waals surface area contributed by atoms with Gasteiger partial charge in [-0.2, -0.15) is 13.2 Å². The number of likely N-dealkylation sites (tertiary alicyclic amines) is 1. The lowest BCUT2D eigenvalue weighted by molar-refractivity contribution is -0.137. The summed E-state index contributed by atoms with van der Waals surface area (Å²) in [5, 5.41) is 0. The molecule has 1 aliphatic carbocycles. The summed E-state index contributed by atoms with van der Waals surface area (Å²) in [5.74, 6) is -0.229. The molecule has 3 rings (SSSR count). The Kier molecular flexibility index (Phi) is 7.20. The molecule has 1 saturated carbocycles. The first-order chi connectivity index (χ1) is 14.5. The Bertz CT molecular complexity index is 899. The highest BCUT2D eigenvalue weighted by Gasteiger charge is 2.36. The van der Waals surface area contributed by atoms with Crippen LogP contribution in [0.1, 0.15) is 49.7 Å². The molecule has 2 unspecified atom stereocenters. The van der Waals surface area contributed by atoms with Crippen molar-refractivity contribution in [3.8, 4) is 0 Å². The van der Waals surface area contributed by atoms with Crippen LogP contribution in [0, 0.1) is 0 Å². The third-order valence-electron chi connectivity index (χ3n) is 6.27. The number of hydrogen-bond acceptors (Lipinski definition) is 4. The third-order valence-corrected chi connectivity index (χ3v) is 6.86. The number of sulfonamides is 1. The number of alkyl halides is 3. The molecule has 0 radical (unpaired) electrons. The fourth-order valence-electron chi connectivity index (χ4n) is 4.72. The summed E-state index contributed by atoms with van der Waals surface area (Å²) in [5.41, 5.74) is -0.952. The summed E-state index contributed by atoms with van der Waals surface area (Å²) in [6, 6.07) is 3.16. The van der Waals surface area contributed by atoms with Gasteiger partial charge in [0.25, 0.3) is 0 Å². The Morgan fingerprint density at radius 1 is 1.16 bits per heavy atom. The molecule has 174 valence electrons. The van der Waals surface area contributed by atoms with Crippen LogP contribution in [-0.4, -0.2) is 62.6 Å². The van der Waals surface area contributed by atoms with Crippen molar-refractivity contribution in [2.45, 2.75) is 63.2 Å². The van der Waals surface area contributed by atoms with Crippen LogP contribution >= 0.6 is 0 Å².